The molecule has 1 N–H and O–H groups in total. The maximum Gasteiger partial charge on any atom is 0.185 e. The van der Waals surface area contributed by atoms with Gasteiger partial charge in [-0.25, -0.2) is 4.98 Å². The number of hydrogen-bond acceptors (Lipinski definition) is 5. The summed E-state index contributed by atoms with van der Waals surface area (Å²) in [6.45, 7) is 9.95. The number of rotatable bonds is 5. The van der Waals surface area contributed by atoms with Gasteiger partial charge in [-0.15, -0.1) is 11.3 Å². The second-order valence-electron chi connectivity index (χ2n) is 4.72. The van der Waals surface area contributed by atoms with Crippen molar-refractivity contribution in [2.24, 2.45) is 0 Å². The summed E-state index contributed by atoms with van der Waals surface area (Å²) in [4.78, 5) is 8.59. The zero-order valence-corrected chi connectivity index (χ0v) is 13.2. The monoisotopic (exact) mass is 285 g/mol. The summed E-state index contributed by atoms with van der Waals surface area (Å²) in [5.41, 5.74) is 1.20. The van der Waals surface area contributed by atoms with Crippen molar-refractivity contribution < 1.29 is 0 Å². The average molecular weight is 285 g/mol. The maximum absolute atomic E-state index is 4.76. The van der Waals surface area contributed by atoms with E-state index in [0.29, 0.717) is 6.04 Å². The van der Waals surface area contributed by atoms with E-state index >= 15 is 0 Å². The van der Waals surface area contributed by atoms with Crippen molar-refractivity contribution >= 4 is 28.2 Å². The van der Waals surface area contributed by atoms with Crippen LogP contribution < -0.4 is 10.2 Å². The van der Waals surface area contributed by atoms with Crippen LogP contribution in [0.15, 0.2) is 0 Å². The first-order valence-corrected chi connectivity index (χ1v) is 8.73. The van der Waals surface area contributed by atoms with Crippen molar-refractivity contribution in [2.75, 3.05) is 36.0 Å². The van der Waals surface area contributed by atoms with Gasteiger partial charge in [0.15, 0.2) is 5.13 Å². The second kappa shape index (κ2) is 6.78. The van der Waals surface area contributed by atoms with Crippen molar-refractivity contribution in [3.05, 3.63) is 10.6 Å². The van der Waals surface area contributed by atoms with E-state index in [-0.39, 0.29) is 0 Å². The Hall–Kier alpha value is -0.260. The van der Waals surface area contributed by atoms with Crippen molar-refractivity contribution in [3.8, 4) is 0 Å². The first-order chi connectivity index (χ1) is 8.72. The first kappa shape index (κ1) is 14.2. The number of nitrogens with one attached hydrogen (secondary N) is 1. The third-order valence-corrected chi connectivity index (χ3v) is 5.54. The van der Waals surface area contributed by atoms with E-state index < -0.39 is 0 Å². The van der Waals surface area contributed by atoms with Gasteiger partial charge >= 0.3 is 0 Å². The Morgan fingerprint density at radius 3 is 2.78 bits per heavy atom. The predicted molar refractivity (Wildman–Crippen MR) is 83.1 cm³/mol. The average Bonchev–Trinajstić information content (AvgIpc) is 2.79. The van der Waals surface area contributed by atoms with Crippen LogP contribution in [0.4, 0.5) is 5.13 Å². The van der Waals surface area contributed by atoms with Crippen LogP contribution >= 0.6 is 23.1 Å². The van der Waals surface area contributed by atoms with Crippen LogP contribution in [0, 0.1) is 6.92 Å². The lowest BCUT2D eigenvalue weighted by Crippen LogP contribution is -2.32. The van der Waals surface area contributed by atoms with Crippen LogP contribution in [0.1, 0.15) is 36.9 Å². The van der Waals surface area contributed by atoms with Crippen molar-refractivity contribution in [3.63, 3.8) is 0 Å². The van der Waals surface area contributed by atoms with E-state index in [1.54, 1.807) is 0 Å². The number of aryl methyl sites for hydroxylation is 1. The topological polar surface area (TPSA) is 28.2 Å². The first-order valence-electron chi connectivity index (χ1n) is 6.75. The molecule has 1 unspecified atom stereocenters. The fraction of sp³-hybridized carbons (Fsp3) is 0.769. The fourth-order valence-corrected chi connectivity index (χ4v) is 4.19. The third-order valence-electron chi connectivity index (χ3n) is 3.20. The molecule has 2 heterocycles. The molecule has 1 saturated heterocycles. The molecular weight excluding hydrogens is 262 g/mol. The highest BCUT2D eigenvalue weighted by Gasteiger charge is 2.19. The highest BCUT2D eigenvalue weighted by atomic mass is 32.2. The summed E-state index contributed by atoms with van der Waals surface area (Å²) in [5.74, 6) is 2.47. The van der Waals surface area contributed by atoms with E-state index in [9.17, 15) is 0 Å². The number of anilines is 1. The normalized spacial score (nSPS) is 18.1. The van der Waals surface area contributed by atoms with Gasteiger partial charge in [-0.2, -0.15) is 11.8 Å². The molecule has 1 aliphatic rings. The molecule has 1 atom stereocenters. The van der Waals surface area contributed by atoms with Gasteiger partial charge in [-0.05, 0) is 26.8 Å². The smallest absolute Gasteiger partial charge is 0.185 e. The highest BCUT2D eigenvalue weighted by Crippen LogP contribution is 2.31. The summed E-state index contributed by atoms with van der Waals surface area (Å²) in [6.07, 6.45) is 1.18. The summed E-state index contributed by atoms with van der Waals surface area (Å²) >= 11 is 3.91. The molecule has 1 aromatic heterocycles. The molecule has 0 aliphatic carbocycles. The van der Waals surface area contributed by atoms with E-state index in [4.69, 9.17) is 4.98 Å². The molecular formula is C13H23N3S2. The lowest BCUT2D eigenvalue weighted by atomic mass is 10.2. The quantitative estimate of drug-likeness (QED) is 0.900. The van der Waals surface area contributed by atoms with E-state index in [1.165, 1.54) is 33.6 Å². The molecule has 0 spiro atoms. The number of nitrogens with zero attached hydrogens (tertiary/aromatic N) is 2. The zero-order chi connectivity index (χ0) is 13.0. The van der Waals surface area contributed by atoms with Crippen LogP contribution in [0.25, 0.3) is 0 Å². The SMILES string of the molecule is CCCNC(C)c1sc(N2CCSCC2)nc1C. The van der Waals surface area contributed by atoms with E-state index in [2.05, 4.69) is 31.0 Å². The predicted octanol–water partition coefficient (Wildman–Crippen LogP) is 3.07. The van der Waals surface area contributed by atoms with Gasteiger partial charge in [-0.1, -0.05) is 6.92 Å². The molecule has 102 valence electrons. The van der Waals surface area contributed by atoms with Gasteiger partial charge in [0.1, 0.15) is 0 Å². The summed E-state index contributed by atoms with van der Waals surface area (Å²) < 4.78 is 0. The molecule has 1 aromatic rings. The third kappa shape index (κ3) is 3.39. The lowest BCUT2D eigenvalue weighted by Gasteiger charge is -2.25. The van der Waals surface area contributed by atoms with Gasteiger partial charge in [0.05, 0.1) is 5.69 Å². The van der Waals surface area contributed by atoms with Gasteiger partial charge in [-0.3, -0.25) is 0 Å². The Kier molecular flexibility index (Phi) is 5.33. The van der Waals surface area contributed by atoms with Gasteiger partial charge in [0.2, 0.25) is 0 Å². The van der Waals surface area contributed by atoms with E-state index in [1.807, 2.05) is 23.1 Å². The summed E-state index contributed by atoms with van der Waals surface area (Å²) in [7, 11) is 0. The highest BCUT2D eigenvalue weighted by molar-refractivity contribution is 7.99. The Labute approximate surface area is 118 Å². The van der Waals surface area contributed by atoms with Gasteiger partial charge < -0.3 is 10.2 Å². The molecule has 3 nitrogen and oxygen atoms in total. The van der Waals surface area contributed by atoms with Gasteiger partial charge in [0.25, 0.3) is 0 Å². The van der Waals surface area contributed by atoms with Crippen LogP contribution in [0.2, 0.25) is 0 Å². The summed E-state index contributed by atoms with van der Waals surface area (Å²) in [6, 6.07) is 0.426. The Morgan fingerprint density at radius 2 is 2.11 bits per heavy atom. The molecule has 0 amide bonds. The van der Waals surface area contributed by atoms with E-state index in [0.717, 1.165) is 19.6 Å². The molecule has 18 heavy (non-hydrogen) atoms. The standard InChI is InChI=1S/C13H23N3S2/c1-4-5-14-10(2)12-11(3)15-13(18-12)16-6-8-17-9-7-16/h10,14H,4-9H2,1-3H3. The molecule has 0 aromatic carbocycles. The van der Waals surface area contributed by atoms with Crippen LogP contribution in [-0.2, 0) is 0 Å². The minimum absolute atomic E-state index is 0.426. The molecule has 0 radical (unpaired) electrons. The number of thioether (sulfide) groups is 1. The maximum atomic E-state index is 4.76. The van der Waals surface area contributed by atoms with Crippen LogP contribution in [0.3, 0.4) is 0 Å². The Morgan fingerprint density at radius 1 is 1.39 bits per heavy atom. The fourth-order valence-electron chi connectivity index (χ4n) is 2.14. The van der Waals surface area contributed by atoms with Gasteiger partial charge in [0, 0.05) is 35.5 Å². The van der Waals surface area contributed by atoms with Crippen LogP contribution in [0.5, 0.6) is 0 Å². The lowest BCUT2D eigenvalue weighted by molar-refractivity contribution is 0.575. The minimum atomic E-state index is 0.426. The van der Waals surface area contributed by atoms with Crippen molar-refractivity contribution in [1.82, 2.24) is 10.3 Å². The minimum Gasteiger partial charge on any atom is -0.346 e. The molecule has 2 rings (SSSR count). The van der Waals surface area contributed by atoms with Crippen molar-refractivity contribution in [1.29, 1.82) is 0 Å². The number of aromatic nitrogens is 1. The molecule has 0 bridgehead atoms. The summed E-state index contributed by atoms with van der Waals surface area (Å²) in [5, 5.41) is 4.77. The molecule has 0 saturated carbocycles. The van der Waals surface area contributed by atoms with Crippen LogP contribution in [-0.4, -0.2) is 36.1 Å². The molecule has 1 aliphatic heterocycles. The second-order valence-corrected chi connectivity index (χ2v) is 6.96. The van der Waals surface area contributed by atoms with Crippen molar-refractivity contribution in [2.45, 2.75) is 33.2 Å². The molecule has 5 heteroatoms. The Bertz CT molecular complexity index is 372. The largest absolute Gasteiger partial charge is 0.346 e. The number of hydrogen-bond donors (Lipinski definition) is 1. The number of thiazole rings is 1. The Balaban J connectivity index is 2.05. The zero-order valence-electron chi connectivity index (χ0n) is 11.5. The molecule has 1 fully saturated rings.